The van der Waals surface area contributed by atoms with Crippen LogP contribution >= 0.6 is 0 Å². The number of hydrogen-bond acceptors (Lipinski definition) is 4. The summed E-state index contributed by atoms with van der Waals surface area (Å²) in [7, 11) is 0. The minimum atomic E-state index is -1.62. The molecule has 1 atom stereocenters. The van der Waals surface area contributed by atoms with Crippen molar-refractivity contribution >= 4 is 23.5 Å². The van der Waals surface area contributed by atoms with Crippen molar-refractivity contribution in [3.05, 3.63) is 29.6 Å². The molecule has 0 radical (unpaired) electrons. The van der Waals surface area contributed by atoms with E-state index in [2.05, 4.69) is 5.32 Å². The molecule has 22 heavy (non-hydrogen) atoms. The third kappa shape index (κ3) is 3.03. The molecule has 7 nitrogen and oxygen atoms in total. The van der Waals surface area contributed by atoms with Crippen LogP contribution in [0.5, 0.6) is 0 Å². The lowest BCUT2D eigenvalue weighted by molar-refractivity contribution is -0.157. The van der Waals surface area contributed by atoms with E-state index in [1.165, 1.54) is 12.1 Å². The smallest absolute Gasteiger partial charge is 0.394 e. The van der Waals surface area contributed by atoms with Gasteiger partial charge in [0.05, 0.1) is 5.56 Å². The van der Waals surface area contributed by atoms with Crippen molar-refractivity contribution in [2.75, 3.05) is 11.9 Å². The topological polar surface area (TPSA) is 111 Å². The Morgan fingerprint density at radius 2 is 2.14 bits per heavy atom. The number of anilines is 1. The molecule has 0 saturated carbocycles. The molecule has 2 amide bonds. The fraction of sp³-hybridized carbons (Fsp3) is 0.286. The summed E-state index contributed by atoms with van der Waals surface area (Å²) in [5.41, 5.74) is -0.0136. The summed E-state index contributed by atoms with van der Waals surface area (Å²) in [6.07, 6.45) is 0.862. The summed E-state index contributed by atoms with van der Waals surface area (Å²) in [4.78, 5) is 35.4. The second-order valence-electron chi connectivity index (χ2n) is 4.76. The number of rotatable bonds is 2. The fourth-order valence-corrected chi connectivity index (χ4v) is 2.32. The van der Waals surface area contributed by atoms with Crippen LogP contribution in [0.25, 0.3) is 0 Å². The number of amides is 2. The van der Waals surface area contributed by atoms with Gasteiger partial charge in [-0.25, -0.2) is 9.18 Å². The molecule has 2 N–H and O–H groups in total. The third-order valence-corrected chi connectivity index (χ3v) is 3.35. The molecule has 0 aromatic heterocycles. The lowest BCUT2D eigenvalue weighted by Crippen LogP contribution is -2.45. The number of hydrogen-bond donors (Lipinski definition) is 2. The van der Waals surface area contributed by atoms with Crippen LogP contribution in [0.4, 0.5) is 10.1 Å². The van der Waals surface area contributed by atoms with Crippen LogP contribution in [0.1, 0.15) is 18.4 Å². The van der Waals surface area contributed by atoms with Crippen LogP contribution in [0.3, 0.4) is 0 Å². The molecule has 0 aliphatic carbocycles. The van der Waals surface area contributed by atoms with Gasteiger partial charge in [-0.15, -0.1) is 0 Å². The molecule has 114 valence electrons. The first-order valence-corrected chi connectivity index (χ1v) is 6.48. The molecule has 1 aliphatic rings. The summed E-state index contributed by atoms with van der Waals surface area (Å²) in [6.45, 7) is 0.191. The van der Waals surface area contributed by atoms with Crippen LogP contribution in [-0.4, -0.2) is 40.4 Å². The molecule has 0 bridgehead atoms. The molecule has 1 unspecified atom stereocenters. The van der Waals surface area contributed by atoms with E-state index in [1.54, 1.807) is 6.07 Å². The number of nitrogens with zero attached hydrogens (tertiary/aromatic N) is 2. The predicted octanol–water partition coefficient (Wildman–Crippen LogP) is 0.711. The summed E-state index contributed by atoms with van der Waals surface area (Å²) >= 11 is 0. The monoisotopic (exact) mass is 305 g/mol. The van der Waals surface area contributed by atoms with E-state index in [9.17, 15) is 18.8 Å². The van der Waals surface area contributed by atoms with E-state index >= 15 is 0 Å². The first-order chi connectivity index (χ1) is 10.4. The average Bonchev–Trinajstić information content (AvgIpc) is 2.97. The summed E-state index contributed by atoms with van der Waals surface area (Å²) in [5.74, 6) is -4.02. The van der Waals surface area contributed by atoms with Gasteiger partial charge in [0.15, 0.2) is 0 Å². The fourth-order valence-electron chi connectivity index (χ4n) is 2.32. The average molecular weight is 305 g/mol. The third-order valence-electron chi connectivity index (χ3n) is 3.35. The van der Waals surface area contributed by atoms with E-state index < -0.39 is 29.6 Å². The van der Waals surface area contributed by atoms with Crippen molar-refractivity contribution in [3.63, 3.8) is 0 Å². The highest BCUT2D eigenvalue weighted by Gasteiger charge is 2.36. The number of likely N-dealkylation sites (tertiary alicyclic amines) is 1. The van der Waals surface area contributed by atoms with E-state index in [-0.39, 0.29) is 17.8 Å². The highest BCUT2D eigenvalue weighted by atomic mass is 19.1. The molecule has 2 rings (SSSR count). The van der Waals surface area contributed by atoms with Gasteiger partial charge < -0.3 is 15.3 Å². The Hall–Kier alpha value is -2.95. The molecular formula is C14H12FN3O4. The number of carboxylic acids is 1. The largest absolute Gasteiger partial charge is 0.474 e. The Balaban J connectivity index is 2.13. The number of benzene rings is 1. The Morgan fingerprint density at radius 3 is 2.77 bits per heavy atom. The number of aliphatic carboxylic acids is 1. The number of carboxylic acid groups (broad SMARTS) is 1. The zero-order valence-electron chi connectivity index (χ0n) is 11.4. The van der Waals surface area contributed by atoms with Crippen LogP contribution < -0.4 is 5.32 Å². The SMILES string of the molecule is N#Cc1cc(NC(=O)C2CCCN2C(=O)C(=O)O)ccc1F. The predicted molar refractivity (Wildman–Crippen MR) is 72.1 cm³/mol. The Bertz CT molecular complexity index is 683. The second-order valence-corrected chi connectivity index (χ2v) is 4.76. The maximum absolute atomic E-state index is 13.2. The van der Waals surface area contributed by atoms with Crippen LogP contribution in [0.15, 0.2) is 18.2 Å². The quantitative estimate of drug-likeness (QED) is 0.782. The van der Waals surface area contributed by atoms with Crippen molar-refractivity contribution in [2.24, 2.45) is 0 Å². The number of nitriles is 1. The van der Waals surface area contributed by atoms with Gasteiger partial charge in [-0.3, -0.25) is 9.59 Å². The molecule has 1 aromatic rings. The summed E-state index contributed by atoms with van der Waals surface area (Å²) in [5, 5.41) is 19.9. The van der Waals surface area contributed by atoms with Crippen LogP contribution in [0, 0.1) is 17.1 Å². The maximum Gasteiger partial charge on any atom is 0.394 e. The lowest BCUT2D eigenvalue weighted by atomic mass is 10.1. The highest BCUT2D eigenvalue weighted by Crippen LogP contribution is 2.20. The van der Waals surface area contributed by atoms with E-state index in [1.807, 2.05) is 0 Å². The normalized spacial score (nSPS) is 16.9. The minimum Gasteiger partial charge on any atom is -0.474 e. The second kappa shape index (κ2) is 6.22. The molecule has 1 heterocycles. The molecular weight excluding hydrogens is 293 g/mol. The zero-order valence-corrected chi connectivity index (χ0v) is 11.4. The molecule has 1 aromatic carbocycles. The van der Waals surface area contributed by atoms with Gasteiger partial charge in [-0.05, 0) is 31.0 Å². The highest BCUT2D eigenvalue weighted by molar-refractivity contribution is 6.32. The number of carbonyl (C=O) groups excluding carboxylic acids is 2. The van der Waals surface area contributed by atoms with Crippen molar-refractivity contribution in [3.8, 4) is 6.07 Å². The van der Waals surface area contributed by atoms with E-state index in [0.717, 1.165) is 11.0 Å². The van der Waals surface area contributed by atoms with E-state index in [4.69, 9.17) is 10.4 Å². The molecule has 1 aliphatic heterocycles. The Labute approximate surface area is 124 Å². The zero-order chi connectivity index (χ0) is 16.3. The molecule has 1 saturated heterocycles. The van der Waals surface area contributed by atoms with Crippen molar-refractivity contribution in [2.45, 2.75) is 18.9 Å². The van der Waals surface area contributed by atoms with Crippen molar-refractivity contribution in [1.29, 1.82) is 5.26 Å². The van der Waals surface area contributed by atoms with Crippen LogP contribution in [-0.2, 0) is 14.4 Å². The van der Waals surface area contributed by atoms with Crippen molar-refractivity contribution in [1.82, 2.24) is 4.90 Å². The summed E-state index contributed by atoms with van der Waals surface area (Å²) in [6, 6.07) is 4.26. The Morgan fingerprint density at radius 1 is 1.41 bits per heavy atom. The van der Waals surface area contributed by atoms with Crippen molar-refractivity contribution < 1.29 is 23.9 Å². The summed E-state index contributed by atoms with van der Waals surface area (Å²) < 4.78 is 13.2. The van der Waals surface area contributed by atoms with Gasteiger partial charge in [0.25, 0.3) is 0 Å². The van der Waals surface area contributed by atoms with Crippen LogP contribution in [0.2, 0.25) is 0 Å². The standard InChI is InChI=1S/C14H12FN3O4/c15-10-4-3-9(6-8(10)7-16)17-12(19)11-2-1-5-18(11)13(20)14(21)22/h3-4,6,11H,1-2,5H2,(H,17,19)(H,21,22). The molecule has 8 heteroatoms. The van der Waals surface area contributed by atoms with Gasteiger partial charge in [0.2, 0.25) is 5.91 Å². The first-order valence-electron chi connectivity index (χ1n) is 6.48. The van der Waals surface area contributed by atoms with Gasteiger partial charge >= 0.3 is 11.9 Å². The number of halogens is 1. The lowest BCUT2D eigenvalue weighted by Gasteiger charge is -2.22. The molecule has 0 spiro atoms. The molecule has 1 fully saturated rings. The van der Waals surface area contributed by atoms with Gasteiger partial charge in [0, 0.05) is 12.2 Å². The minimum absolute atomic E-state index is 0.191. The van der Waals surface area contributed by atoms with E-state index in [0.29, 0.717) is 12.8 Å². The maximum atomic E-state index is 13.2. The van der Waals surface area contributed by atoms with Gasteiger partial charge in [-0.1, -0.05) is 0 Å². The Kier molecular flexibility index (Phi) is 4.36. The first kappa shape index (κ1) is 15.4. The van der Waals surface area contributed by atoms with Gasteiger partial charge in [-0.2, -0.15) is 5.26 Å². The number of carbonyl (C=O) groups is 3. The van der Waals surface area contributed by atoms with Gasteiger partial charge in [0.1, 0.15) is 17.9 Å². The number of nitrogens with one attached hydrogen (secondary N) is 1.